The maximum Gasteiger partial charge on any atom is 0.336 e. The van der Waals surface area contributed by atoms with Gasteiger partial charge in [0, 0.05) is 35.1 Å². The summed E-state index contributed by atoms with van der Waals surface area (Å²) >= 11 is 0. The summed E-state index contributed by atoms with van der Waals surface area (Å²) < 4.78 is 5.85. The number of aromatic hydroxyl groups is 1. The van der Waals surface area contributed by atoms with Gasteiger partial charge in [-0.2, -0.15) is 0 Å². The van der Waals surface area contributed by atoms with E-state index in [0.29, 0.717) is 52.7 Å². The summed E-state index contributed by atoms with van der Waals surface area (Å²) in [5, 5.41) is 20.5. The molecule has 0 unspecified atom stereocenters. The number of aromatic carboxylic acids is 1. The van der Waals surface area contributed by atoms with Gasteiger partial charge in [-0.05, 0) is 60.7 Å². The number of carbonyl (C=O) groups excluding carboxylic acids is 1. The number of hydrogen-bond donors (Lipinski definition) is 3. The first-order chi connectivity index (χ1) is 15.8. The normalized spacial score (nSPS) is 11.2. The lowest BCUT2D eigenvalue weighted by atomic mass is 9.89. The number of primary amides is 1. The van der Waals surface area contributed by atoms with Crippen LogP contribution in [-0.4, -0.2) is 22.1 Å². The van der Waals surface area contributed by atoms with Crippen molar-refractivity contribution in [2.45, 2.75) is 32.1 Å². The van der Waals surface area contributed by atoms with E-state index in [0.717, 1.165) is 18.4 Å². The van der Waals surface area contributed by atoms with Crippen LogP contribution in [0.2, 0.25) is 0 Å². The van der Waals surface area contributed by atoms with E-state index < -0.39 is 5.97 Å². The number of aryl methyl sites for hydroxylation is 1. The summed E-state index contributed by atoms with van der Waals surface area (Å²) in [5.41, 5.74) is 8.01. The second kappa shape index (κ2) is 9.16. The van der Waals surface area contributed by atoms with Crippen molar-refractivity contribution in [1.82, 2.24) is 0 Å². The lowest BCUT2D eigenvalue weighted by Crippen LogP contribution is -2.09. The summed E-state index contributed by atoms with van der Waals surface area (Å²) in [6.45, 7) is 0. The highest BCUT2D eigenvalue weighted by Crippen LogP contribution is 2.42. The molecule has 0 saturated carbocycles. The highest BCUT2D eigenvalue weighted by atomic mass is 16.4. The summed E-state index contributed by atoms with van der Waals surface area (Å²) in [6.07, 6.45) is 3.37. The third-order valence-corrected chi connectivity index (χ3v) is 5.65. The Morgan fingerprint density at radius 2 is 1.70 bits per heavy atom. The molecule has 2 aliphatic rings. The van der Waals surface area contributed by atoms with Gasteiger partial charge in [-0.1, -0.05) is 18.6 Å². The summed E-state index contributed by atoms with van der Waals surface area (Å²) in [6, 6.07) is 14.3. The van der Waals surface area contributed by atoms with Crippen molar-refractivity contribution in [3.63, 3.8) is 0 Å². The van der Waals surface area contributed by atoms with Crippen LogP contribution >= 0.6 is 0 Å². The molecule has 2 aromatic carbocycles. The molecule has 33 heavy (non-hydrogen) atoms. The molecule has 4 N–H and O–H groups in total. The van der Waals surface area contributed by atoms with Crippen LogP contribution in [0.25, 0.3) is 33.4 Å². The third kappa shape index (κ3) is 4.72. The Bertz CT molecular complexity index is 1390. The van der Waals surface area contributed by atoms with Crippen molar-refractivity contribution in [3.8, 4) is 28.2 Å². The molecule has 7 heteroatoms. The quantitative estimate of drug-likeness (QED) is 0.269. The molecule has 0 saturated heterocycles. The van der Waals surface area contributed by atoms with Crippen molar-refractivity contribution < 1.29 is 24.2 Å². The second-order valence-electron chi connectivity index (χ2n) is 8.03. The number of amides is 1. The van der Waals surface area contributed by atoms with Crippen LogP contribution in [0.3, 0.4) is 0 Å². The van der Waals surface area contributed by atoms with Crippen LogP contribution in [0, 0.1) is 0 Å². The minimum atomic E-state index is -1.07. The lowest BCUT2D eigenvalue weighted by molar-refractivity contribution is -0.118. The van der Waals surface area contributed by atoms with E-state index in [1.165, 1.54) is 24.3 Å². The largest absolute Gasteiger partial charge is 0.508 e. The molecular formula is C26H23NO6. The van der Waals surface area contributed by atoms with Crippen molar-refractivity contribution in [2.75, 3.05) is 0 Å². The fourth-order valence-electron chi connectivity index (χ4n) is 4.10. The van der Waals surface area contributed by atoms with E-state index >= 15 is 0 Å². The molecule has 7 nitrogen and oxygen atoms in total. The van der Waals surface area contributed by atoms with Gasteiger partial charge < -0.3 is 20.4 Å². The molecule has 0 spiro atoms. The van der Waals surface area contributed by atoms with Crippen LogP contribution in [-0.2, 0) is 11.2 Å². The van der Waals surface area contributed by atoms with Crippen LogP contribution in [0.4, 0.5) is 0 Å². The number of phenolic OH excluding ortho intramolecular Hbond substituents is 1. The van der Waals surface area contributed by atoms with Gasteiger partial charge >= 0.3 is 5.97 Å². The fraction of sp³-hybridized carbons (Fsp3) is 0.192. The summed E-state index contributed by atoms with van der Waals surface area (Å²) in [7, 11) is 0. The molecule has 0 radical (unpaired) electrons. The number of carboxylic acid groups (broad SMARTS) is 1. The highest BCUT2D eigenvalue weighted by molar-refractivity contribution is 6.07. The fourth-order valence-corrected chi connectivity index (χ4v) is 4.10. The summed E-state index contributed by atoms with van der Waals surface area (Å²) in [4.78, 5) is 35.0. The predicted molar refractivity (Wildman–Crippen MR) is 125 cm³/mol. The van der Waals surface area contributed by atoms with E-state index in [9.17, 15) is 24.6 Å². The Kier molecular flexibility index (Phi) is 6.13. The SMILES string of the molecule is NC(=O)CCCCCc1ccc(-c2c3ccc(=O)cc-3oc3cc(O)ccc23)c(C(=O)O)c1. The van der Waals surface area contributed by atoms with Gasteiger partial charge in [0.1, 0.15) is 17.1 Å². The number of hydrogen-bond acceptors (Lipinski definition) is 5. The van der Waals surface area contributed by atoms with Gasteiger partial charge in [0.05, 0.1) is 5.56 Å². The molecule has 2 aromatic rings. The van der Waals surface area contributed by atoms with Crippen LogP contribution in [0.15, 0.2) is 63.8 Å². The molecule has 0 fully saturated rings. The molecule has 168 valence electrons. The van der Waals surface area contributed by atoms with Crippen LogP contribution in [0.5, 0.6) is 5.75 Å². The summed E-state index contributed by atoms with van der Waals surface area (Å²) in [5.74, 6) is -1.08. The van der Waals surface area contributed by atoms with E-state index in [-0.39, 0.29) is 22.6 Å². The standard InChI is InChI=1S/C26H23NO6/c27-24(30)5-3-1-2-4-15-6-9-18(21(12-15)26(31)32)25-19-10-7-16(28)13-22(19)33-23-14-17(29)8-11-20(23)25/h6-14,28H,1-5H2,(H2,27,30)(H,31,32). The zero-order chi connectivity index (χ0) is 23.5. The minimum absolute atomic E-state index is 0.0000282. The molecule has 0 bridgehead atoms. The maximum atomic E-state index is 12.2. The molecule has 1 amide bonds. The monoisotopic (exact) mass is 445 g/mol. The molecule has 1 aliphatic heterocycles. The number of rotatable bonds is 8. The zero-order valence-electron chi connectivity index (χ0n) is 17.8. The Hall–Kier alpha value is -4.13. The second-order valence-corrected chi connectivity index (χ2v) is 8.03. The molecule has 1 heterocycles. The Morgan fingerprint density at radius 1 is 0.909 bits per heavy atom. The first kappa shape index (κ1) is 22.1. The lowest BCUT2D eigenvalue weighted by Gasteiger charge is -2.17. The zero-order valence-corrected chi connectivity index (χ0v) is 17.8. The number of carbonyl (C=O) groups is 2. The molecule has 4 rings (SSSR count). The number of benzene rings is 3. The Balaban J connectivity index is 1.81. The van der Waals surface area contributed by atoms with Gasteiger partial charge in [0.15, 0.2) is 5.43 Å². The third-order valence-electron chi connectivity index (χ3n) is 5.65. The Labute approximate surface area is 189 Å². The van der Waals surface area contributed by atoms with Crippen LogP contribution in [0.1, 0.15) is 41.6 Å². The van der Waals surface area contributed by atoms with Crippen LogP contribution < -0.4 is 11.2 Å². The van der Waals surface area contributed by atoms with Crippen molar-refractivity contribution in [3.05, 3.63) is 75.9 Å². The Morgan fingerprint density at radius 3 is 2.45 bits per heavy atom. The van der Waals surface area contributed by atoms with Crippen molar-refractivity contribution >= 4 is 22.8 Å². The number of phenols is 1. The van der Waals surface area contributed by atoms with E-state index in [1.54, 1.807) is 24.3 Å². The smallest absolute Gasteiger partial charge is 0.336 e. The van der Waals surface area contributed by atoms with Crippen molar-refractivity contribution in [1.29, 1.82) is 0 Å². The van der Waals surface area contributed by atoms with Crippen molar-refractivity contribution in [2.24, 2.45) is 5.73 Å². The van der Waals surface area contributed by atoms with E-state index in [1.807, 2.05) is 6.07 Å². The predicted octanol–water partition coefficient (Wildman–Crippen LogP) is 4.56. The number of nitrogens with two attached hydrogens (primary N) is 1. The van der Waals surface area contributed by atoms with E-state index in [4.69, 9.17) is 10.2 Å². The van der Waals surface area contributed by atoms with Gasteiger partial charge in [-0.15, -0.1) is 0 Å². The van der Waals surface area contributed by atoms with Gasteiger partial charge in [0.2, 0.25) is 5.91 Å². The highest BCUT2D eigenvalue weighted by Gasteiger charge is 2.22. The average Bonchev–Trinajstić information content (AvgIpc) is 2.76. The van der Waals surface area contributed by atoms with E-state index in [2.05, 4.69) is 0 Å². The van der Waals surface area contributed by atoms with Gasteiger partial charge in [-0.3, -0.25) is 9.59 Å². The molecule has 1 aliphatic carbocycles. The van der Waals surface area contributed by atoms with Gasteiger partial charge in [-0.25, -0.2) is 4.79 Å². The minimum Gasteiger partial charge on any atom is -0.508 e. The average molecular weight is 445 g/mol. The first-order valence-electron chi connectivity index (χ1n) is 10.7. The molecule has 0 aromatic heterocycles. The maximum absolute atomic E-state index is 12.2. The molecular weight excluding hydrogens is 422 g/mol. The number of unbranched alkanes of at least 4 members (excludes halogenated alkanes) is 2. The van der Waals surface area contributed by atoms with Gasteiger partial charge in [0.25, 0.3) is 0 Å². The topological polar surface area (TPSA) is 131 Å². The number of carboxylic acids is 1. The molecule has 0 atom stereocenters. The first-order valence-corrected chi connectivity index (χ1v) is 10.7. The number of fused-ring (bicyclic) bond motifs is 2.